The molecule has 1 saturated heterocycles. The highest BCUT2D eigenvalue weighted by Crippen LogP contribution is 2.34. The van der Waals surface area contributed by atoms with Gasteiger partial charge in [0.1, 0.15) is 34.5 Å². The Morgan fingerprint density at radius 2 is 1.84 bits per heavy atom. The highest BCUT2D eigenvalue weighted by atomic mass is 19.1. The highest BCUT2D eigenvalue weighted by molar-refractivity contribution is 5.99. The summed E-state index contributed by atoms with van der Waals surface area (Å²) in [7, 11) is 0. The van der Waals surface area contributed by atoms with Gasteiger partial charge in [0, 0.05) is 28.9 Å². The van der Waals surface area contributed by atoms with Gasteiger partial charge in [-0.05, 0) is 67.9 Å². The minimum absolute atomic E-state index is 0.189. The molecule has 1 aromatic carbocycles. The maximum Gasteiger partial charge on any atom is 0.138 e. The highest BCUT2D eigenvalue weighted by Gasteiger charge is 2.18. The van der Waals surface area contributed by atoms with Gasteiger partial charge in [-0.2, -0.15) is 5.10 Å². The molecule has 0 unspecified atom stereocenters. The van der Waals surface area contributed by atoms with Gasteiger partial charge in [0.15, 0.2) is 0 Å². The summed E-state index contributed by atoms with van der Waals surface area (Å²) in [4.78, 5) is 17.1. The summed E-state index contributed by atoms with van der Waals surface area (Å²) in [6.07, 6.45) is 7.36. The number of fused-ring (bicyclic) bond motifs is 2. The third-order valence-corrected chi connectivity index (χ3v) is 6.96. The average molecular weight is 506 g/mol. The molecule has 5 aromatic heterocycles. The van der Waals surface area contributed by atoms with Crippen molar-refractivity contribution in [1.29, 1.82) is 0 Å². The first kappa shape index (κ1) is 22.6. The molecule has 6 heterocycles. The minimum atomic E-state index is -0.278. The lowest BCUT2D eigenvalue weighted by molar-refractivity contribution is 0.162. The standard InChI is InChI=1S/C29H24FN7O/c30-23-4-2-1-3-21(23)20-9-12-33-29-22(20)14-26(35-29)28-27-25(36-37-28)6-5-24(34-27)17-13-19(16-32-15-17)38-18-7-10-31-11-8-18/h1-6,9,12-16,18,31H,7-8,10-11H2,(H,33,35)(H,36,37). The molecule has 0 bridgehead atoms. The van der Waals surface area contributed by atoms with E-state index in [1.807, 2.05) is 36.4 Å². The van der Waals surface area contributed by atoms with E-state index in [9.17, 15) is 4.39 Å². The lowest BCUT2D eigenvalue weighted by atomic mass is 10.0. The summed E-state index contributed by atoms with van der Waals surface area (Å²) in [6, 6.07) is 16.4. The Labute approximate surface area is 217 Å². The van der Waals surface area contributed by atoms with Crippen LogP contribution in [0.5, 0.6) is 5.75 Å². The van der Waals surface area contributed by atoms with Crippen LogP contribution in [0.2, 0.25) is 0 Å². The van der Waals surface area contributed by atoms with E-state index < -0.39 is 0 Å². The molecule has 8 nitrogen and oxygen atoms in total. The third-order valence-electron chi connectivity index (χ3n) is 6.96. The van der Waals surface area contributed by atoms with Gasteiger partial charge in [-0.15, -0.1) is 0 Å². The summed E-state index contributed by atoms with van der Waals surface area (Å²) in [6.45, 7) is 1.93. The van der Waals surface area contributed by atoms with Crippen molar-refractivity contribution in [3.8, 4) is 39.5 Å². The van der Waals surface area contributed by atoms with Crippen molar-refractivity contribution in [1.82, 2.24) is 35.5 Å². The average Bonchev–Trinajstić information content (AvgIpc) is 3.58. The minimum Gasteiger partial charge on any atom is -0.489 e. The molecule has 7 rings (SSSR count). The van der Waals surface area contributed by atoms with E-state index in [4.69, 9.17) is 9.72 Å². The number of pyridine rings is 3. The lowest BCUT2D eigenvalue weighted by Gasteiger charge is -2.23. The van der Waals surface area contributed by atoms with Crippen molar-refractivity contribution < 1.29 is 9.13 Å². The fourth-order valence-corrected chi connectivity index (χ4v) is 5.05. The van der Waals surface area contributed by atoms with E-state index in [1.165, 1.54) is 6.07 Å². The lowest BCUT2D eigenvalue weighted by Crippen LogP contribution is -2.34. The van der Waals surface area contributed by atoms with Crippen molar-refractivity contribution in [2.24, 2.45) is 0 Å². The molecule has 38 heavy (non-hydrogen) atoms. The van der Waals surface area contributed by atoms with E-state index in [2.05, 4.69) is 30.5 Å². The summed E-state index contributed by atoms with van der Waals surface area (Å²) in [5.41, 5.74) is 6.50. The number of ether oxygens (including phenoxy) is 1. The number of piperidine rings is 1. The SMILES string of the molecule is Fc1ccccc1-c1ccnc2[nH]c(-c3n[nH]c4ccc(-c5cncc(OC6CCNCC6)c5)nc34)cc12. The zero-order valence-electron chi connectivity index (χ0n) is 20.4. The van der Waals surface area contributed by atoms with Crippen LogP contribution in [0.25, 0.3) is 55.8 Å². The van der Waals surface area contributed by atoms with Gasteiger partial charge < -0.3 is 15.0 Å². The zero-order chi connectivity index (χ0) is 25.5. The van der Waals surface area contributed by atoms with Crippen molar-refractivity contribution in [2.45, 2.75) is 18.9 Å². The second-order valence-electron chi connectivity index (χ2n) is 9.43. The molecule has 0 spiro atoms. The Morgan fingerprint density at radius 1 is 0.947 bits per heavy atom. The van der Waals surface area contributed by atoms with Gasteiger partial charge in [0.05, 0.1) is 23.1 Å². The molecule has 3 N–H and O–H groups in total. The second kappa shape index (κ2) is 9.35. The van der Waals surface area contributed by atoms with Crippen LogP contribution in [-0.4, -0.2) is 49.3 Å². The smallest absolute Gasteiger partial charge is 0.138 e. The predicted molar refractivity (Wildman–Crippen MR) is 144 cm³/mol. The molecule has 188 valence electrons. The Kier molecular flexibility index (Phi) is 5.55. The number of aromatic amines is 2. The van der Waals surface area contributed by atoms with Crippen LogP contribution in [-0.2, 0) is 0 Å². The van der Waals surface area contributed by atoms with Gasteiger partial charge in [-0.25, -0.2) is 14.4 Å². The van der Waals surface area contributed by atoms with E-state index in [0.29, 0.717) is 22.4 Å². The first-order chi connectivity index (χ1) is 18.7. The number of aromatic nitrogens is 6. The number of benzene rings is 1. The Bertz CT molecular complexity index is 1770. The largest absolute Gasteiger partial charge is 0.489 e. The normalized spacial score (nSPS) is 14.3. The fourth-order valence-electron chi connectivity index (χ4n) is 5.05. The molecule has 1 aliphatic heterocycles. The number of nitrogens with zero attached hydrogens (tertiary/aromatic N) is 4. The number of rotatable bonds is 5. The summed E-state index contributed by atoms with van der Waals surface area (Å²) in [5, 5.41) is 11.8. The van der Waals surface area contributed by atoms with E-state index in [1.54, 1.807) is 30.7 Å². The summed E-state index contributed by atoms with van der Waals surface area (Å²) in [5.74, 6) is 0.463. The zero-order valence-corrected chi connectivity index (χ0v) is 20.4. The van der Waals surface area contributed by atoms with Crippen molar-refractivity contribution in [2.75, 3.05) is 13.1 Å². The van der Waals surface area contributed by atoms with Gasteiger partial charge >= 0.3 is 0 Å². The first-order valence-electron chi connectivity index (χ1n) is 12.6. The quantitative estimate of drug-likeness (QED) is 0.286. The van der Waals surface area contributed by atoms with Crippen LogP contribution >= 0.6 is 0 Å². The van der Waals surface area contributed by atoms with Crippen LogP contribution in [0, 0.1) is 5.82 Å². The van der Waals surface area contributed by atoms with E-state index >= 15 is 0 Å². The number of H-pyrrole nitrogens is 2. The molecule has 9 heteroatoms. The van der Waals surface area contributed by atoms with E-state index in [0.717, 1.165) is 65.1 Å². The summed E-state index contributed by atoms with van der Waals surface area (Å²) < 4.78 is 20.8. The molecule has 0 radical (unpaired) electrons. The molecule has 6 aromatic rings. The van der Waals surface area contributed by atoms with Crippen LogP contribution in [0.1, 0.15) is 12.8 Å². The molecule has 0 aliphatic carbocycles. The summed E-state index contributed by atoms with van der Waals surface area (Å²) >= 11 is 0. The third kappa shape index (κ3) is 4.06. The van der Waals surface area contributed by atoms with Gasteiger partial charge in [-0.1, -0.05) is 18.2 Å². The van der Waals surface area contributed by atoms with E-state index in [-0.39, 0.29) is 11.9 Å². The van der Waals surface area contributed by atoms with Crippen molar-refractivity contribution >= 4 is 22.1 Å². The van der Waals surface area contributed by atoms with Crippen molar-refractivity contribution in [3.05, 3.63) is 79.0 Å². The van der Waals surface area contributed by atoms with Crippen molar-refractivity contribution in [3.63, 3.8) is 0 Å². The maximum atomic E-state index is 14.6. The van der Waals surface area contributed by atoms with Gasteiger partial charge in [0.2, 0.25) is 0 Å². The number of nitrogens with one attached hydrogen (secondary N) is 3. The Hall–Kier alpha value is -4.63. The first-order valence-corrected chi connectivity index (χ1v) is 12.6. The second-order valence-corrected chi connectivity index (χ2v) is 9.43. The number of hydrogen-bond donors (Lipinski definition) is 3. The molecule has 1 aliphatic rings. The van der Waals surface area contributed by atoms with Crippen LogP contribution in [0.3, 0.4) is 0 Å². The van der Waals surface area contributed by atoms with Gasteiger partial charge in [0.25, 0.3) is 0 Å². The Balaban J connectivity index is 1.26. The van der Waals surface area contributed by atoms with Crippen LogP contribution < -0.4 is 10.1 Å². The molecule has 0 amide bonds. The predicted octanol–water partition coefficient (Wildman–Crippen LogP) is 5.50. The van der Waals surface area contributed by atoms with Gasteiger partial charge in [-0.3, -0.25) is 10.1 Å². The molecular formula is C29H24FN7O. The van der Waals surface area contributed by atoms with Crippen LogP contribution in [0.15, 0.2) is 73.2 Å². The Morgan fingerprint density at radius 3 is 2.74 bits per heavy atom. The fraction of sp³-hybridized carbons (Fsp3) is 0.172. The topological polar surface area (TPSA) is 104 Å². The van der Waals surface area contributed by atoms with Crippen LogP contribution in [0.4, 0.5) is 4.39 Å². The molecular weight excluding hydrogens is 481 g/mol. The molecule has 0 saturated carbocycles. The number of halogens is 1. The molecule has 0 atom stereocenters. The number of hydrogen-bond acceptors (Lipinski definition) is 6. The maximum absolute atomic E-state index is 14.6. The molecule has 1 fully saturated rings. The monoisotopic (exact) mass is 505 g/mol.